The van der Waals surface area contributed by atoms with Crippen molar-refractivity contribution in [3.63, 3.8) is 0 Å². The highest BCUT2D eigenvalue weighted by Crippen LogP contribution is 2.23. The monoisotopic (exact) mass is 599 g/mol. The van der Waals surface area contributed by atoms with Crippen molar-refractivity contribution < 1.29 is 51.7 Å². The van der Waals surface area contributed by atoms with Crippen molar-refractivity contribution in [2.75, 3.05) is 0 Å². The Balaban J connectivity index is 2.07. The van der Waals surface area contributed by atoms with Crippen LogP contribution in [0.25, 0.3) is 0 Å². The molecular formula is C26H29F4N5O7. The quantitative estimate of drug-likeness (QED) is 0.187. The van der Waals surface area contributed by atoms with Gasteiger partial charge in [-0.1, -0.05) is 13.8 Å². The van der Waals surface area contributed by atoms with Gasteiger partial charge in [-0.25, -0.2) is 9.37 Å². The number of rotatable bonds is 5. The fourth-order valence-electron chi connectivity index (χ4n) is 4.24. The molecule has 6 unspecified atom stereocenters. The molecule has 3 amide bonds. The first-order valence-corrected chi connectivity index (χ1v) is 12.8. The van der Waals surface area contributed by atoms with Crippen LogP contribution in [-0.4, -0.2) is 74.2 Å². The standard InChI is InChI=1S/C26H29F4N5O7/c1-9(2)20-25(40)32-11(4)17(34-24(39)18-14(36)6-5-7-31-18)23(38)33-13(19(37)10(3)26(41)42-20)8-12-15(27)16(28)22(30)35-21(12)29/h5-7,9-11,13,17,19-20,36-37H,8H2,1-4H3,(H,32,40)(H,33,38)(H,34,39). The maximum absolute atomic E-state index is 14.5. The Morgan fingerprint density at radius 2 is 1.74 bits per heavy atom. The zero-order chi connectivity index (χ0) is 31.5. The molecular weight excluding hydrogens is 570 g/mol. The van der Waals surface area contributed by atoms with Gasteiger partial charge in [-0.2, -0.15) is 18.2 Å². The maximum Gasteiger partial charge on any atom is 0.312 e. The van der Waals surface area contributed by atoms with Crippen LogP contribution >= 0.6 is 0 Å². The summed E-state index contributed by atoms with van der Waals surface area (Å²) in [6.45, 7) is 5.55. The van der Waals surface area contributed by atoms with Gasteiger partial charge in [-0.3, -0.25) is 19.2 Å². The molecule has 0 aliphatic carbocycles. The van der Waals surface area contributed by atoms with Gasteiger partial charge in [-0.05, 0) is 31.9 Å². The number of ether oxygens (including phenoxy) is 1. The van der Waals surface area contributed by atoms with Gasteiger partial charge in [0.25, 0.3) is 17.8 Å². The van der Waals surface area contributed by atoms with E-state index in [0.717, 1.165) is 13.0 Å². The van der Waals surface area contributed by atoms with Crippen molar-refractivity contribution in [1.29, 1.82) is 0 Å². The van der Waals surface area contributed by atoms with Gasteiger partial charge >= 0.3 is 5.97 Å². The second-order valence-corrected chi connectivity index (χ2v) is 10.1. The molecule has 0 spiro atoms. The van der Waals surface area contributed by atoms with Crippen LogP contribution in [0.15, 0.2) is 18.3 Å². The number of aromatic hydroxyl groups is 1. The Labute approximate surface area is 236 Å². The van der Waals surface area contributed by atoms with Crippen molar-refractivity contribution >= 4 is 23.7 Å². The summed E-state index contributed by atoms with van der Waals surface area (Å²) in [7, 11) is 0. The second-order valence-electron chi connectivity index (χ2n) is 10.1. The smallest absolute Gasteiger partial charge is 0.312 e. The van der Waals surface area contributed by atoms with Crippen molar-refractivity contribution in [3.8, 4) is 5.75 Å². The lowest BCUT2D eigenvalue weighted by Gasteiger charge is -2.34. The molecule has 0 bridgehead atoms. The molecule has 3 heterocycles. The molecule has 2 aromatic heterocycles. The molecule has 1 saturated heterocycles. The summed E-state index contributed by atoms with van der Waals surface area (Å²) < 4.78 is 61.6. The molecule has 0 radical (unpaired) electrons. The van der Waals surface area contributed by atoms with Crippen LogP contribution in [0.4, 0.5) is 17.6 Å². The van der Waals surface area contributed by atoms with E-state index < -0.39 is 113 Å². The third-order valence-corrected chi connectivity index (χ3v) is 6.68. The minimum absolute atomic E-state index is 0.480. The van der Waals surface area contributed by atoms with Crippen molar-refractivity contribution in [2.24, 2.45) is 11.8 Å². The number of halogens is 4. The largest absolute Gasteiger partial charge is 0.505 e. The Morgan fingerprint density at radius 1 is 1.07 bits per heavy atom. The Morgan fingerprint density at radius 3 is 2.36 bits per heavy atom. The van der Waals surface area contributed by atoms with E-state index in [2.05, 4.69) is 25.9 Å². The molecule has 2 aromatic rings. The van der Waals surface area contributed by atoms with Crippen LogP contribution < -0.4 is 16.0 Å². The number of amides is 3. The lowest BCUT2D eigenvalue weighted by molar-refractivity contribution is -0.166. The highest BCUT2D eigenvalue weighted by Gasteiger charge is 2.40. The zero-order valence-electron chi connectivity index (χ0n) is 22.8. The summed E-state index contributed by atoms with van der Waals surface area (Å²) in [5.74, 6) is -14.7. The molecule has 228 valence electrons. The van der Waals surface area contributed by atoms with Crippen LogP contribution in [0.3, 0.4) is 0 Å². The first kappa shape index (κ1) is 32.2. The molecule has 1 aliphatic heterocycles. The number of aliphatic hydroxyl groups is 1. The number of nitrogens with one attached hydrogen (secondary N) is 3. The summed E-state index contributed by atoms with van der Waals surface area (Å²) in [6, 6.07) is -2.20. The van der Waals surface area contributed by atoms with Crippen LogP contribution in [-0.2, 0) is 25.5 Å². The van der Waals surface area contributed by atoms with E-state index in [1.165, 1.54) is 19.2 Å². The lowest BCUT2D eigenvalue weighted by atomic mass is 9.92. The summed E-state index contributed by atoms with van der Waals surface area (Å²) in [4.78, 5) is 58.7. The molecule has 42 heavy (non-hydrogen) atoms. The van der Waals surface area contributed by atoms with Crippen molar-refractivity contribution in [2.45, 2.75) is 64.4 Å². The number of esters is 1. The third kappa shape index (κ3) is 6.92. The predicted octanol–water partition coefficient (Wildman–Crippen LogP) is 0.648. The predicted molar refractivity (Wildman–Crippen MR) is 134 cm³/mol. The highest BCUT2D eigenvalue weighted by molar-refractivity contribution is 5.98. The molecule has 0 aromatic carbocycles. The van der Waals surface area contributed by atoms with E-state index in [9.17, 15) is 47.0 Å². The topological polar surface area (TPSA) is 180 Å². The van der Waals surface area contributed by atoms with Gasteiger partial charge in [0.2, 0.25) is 17.7 Å². The Bertz CT molecular complexity index is 1380. The SMILES string of the molecule is CC(C)C1OC(=O)C(C)C(O)C(Cc2c(F)nc(F)c(F)c2F)NC(=O)C(NC(=O)c2ncccc2O)C(C)NC1=O. The van der Waals surface area contributed by atoms with Gasteiger partial charge in [0.1, 0.15) is 11.8 Å². The minimum atomic E-state index is -2.11. The fourth-order valence-corrected chi connectivity index (χ4v) is 4.24. The number of aliphatic hydroxyl groups excluding tert-OH is 1. The van der Waals surface area contributed by atoms with Crippen molar-refractivity contribution in [3.05, 3.63) is 53.1 Å². The van der Waals surface area contributed by atoms with E-state index in [-0.39, 0.29) is 0 Å². The molecule has 12 nitrogen and oxygen atoms in total. The Hall–Kier alpha value is -4.34. The number of hydrogen-bond acceptors (Lipinski definition) is 9. The fraction of sp³-hybridized carbons (Fsp3) is 0.462. The molecule has 5 N–H and O–H groups in total. The number of carbonyl (C=O) groups excluding carboxylic acids is 4. The van der Waals surface area contributed by atoms with Gasteiger partial charge in [0.05, 0.1) is 24.1 Å². The summed E-state index contributed by atoms with van der Waals surface area (Å²) in [6.07, 6.45) is -3.22. The number of nitrogens with zero attached hydrogens (tertiary/aromatic N) is 2. The van der Waals surface area contributed by atoms with Gasteiger partial charge in [0.15, 0.2) is 17.6 Å². The number of pyridine rings is 2. The molecule has 16 heteroatoms. The van der Waals surface area contributed by atoms with Gasteiger partial charge < -0.3 is 30.9 Å². The number of hydrogen-bond donors (Lipinski definition) is 5. The van der Waals surface area contributed by atoms with E-state index in [1.54, 1.807) is 13.8 Å². The Kier molecular flexibility index (Phi) is 10.0. The van der Waals surface area contributed by atoms with Gasteiger partial charge in [-0.15, -0.1) is 0 Å². The molecule has 6 atom stereocenters. The molecule has 3 rings (SSSR count). The highest BCUT2D eigenvalue weighted by atomic mass is 19.2. The maximum atomic E-state index is 14.5. The summed E-state index contributed by atoms with van der Waals surface area (Å²) >= 11 is 0. The first-order chi connectivity index (χ1) is 19.6. The van der Waals surface area contributed by atoms with Crippen LogP contribution in [0, 0.1) is 35.4 Å². The van der Waals surface area contributed by atoms with Crippen LogP contribution in [0.1, 0.15) is 43.7 Å². The average molecular weight is 600 g/mol. The minimum Gasteiger partial charge on any atom is -0.505 e. The normalized spacial score (nSPS) is 25.5. The summed E-state index contributed by atoms with van der Waals surface area (Å²) in [5, 5.41) is 28.1. The van der Waals surface area contributed by atoms with E-state index in [4.69, 9.17) is 4.74 Å². The average Bonchev–Trinajstić information content (AvgIpc) is 2.93. The molecule has 1 fully saturated rings. The molecule has 0 saturated carbocycles. The number of cyclic esters (lactones) is 1. The number of carbonyl (C=O) groups is 4. The van der Waals surface area contributed by atoms with E-state index in [0.29, 0.717) is 0 Å². The van der Waals surface area contributed by atoms with E-state index >= 15 is 0 Å². The van der Waals surface area contributed by atoms with Crippen LogP contribution in [0.2, 0.25) is 0 Å². The summed E-state index contributed by atoms with van der Waals surface area (Å²) in [5.41, 5.74) is -1.63. The van der Waals surface area contributed by atoms with Gasteiger partial charge in [0, 0.05) is 18.2 Å². The second kappa shape index (κ2) is 13.1. The molecule has 1 aliphatic rings. The zero-order valence-corrected chi connectivity index (χ0v) is 22.8. The third-order valence-electron chi connectivity index (χ3n) is 6.68. The van der Waals surface area contributed by atoms with Crippen LogP contribution in [0.5, 0.6) is 5.75 Å². The van der Waals surface area contributed by atoms with Crippen molar-refractivity contribution in [1.82, 2.24) is 25.9 Å². The first-order valence-electron chi connectivity index (χ1n) is 12.8. The lowest BCUT2D eigenvalue weighted by Crippen LogP contribution is -2.62. The van der Waals surface area contributed by atoms with E-state index in [1.807, 2.05) is 0 Å². The number of aromatic nitrogens is 2.